The van der Waals surface area contributed by atoms with Crippen LogP contribution in [0.3, 0.4) is 0 Å². The summed E-state index contributed by atoms with van der Waals surface area (Å²) in [6, 6.07) is 21.5. The number of nitrogens with zero attached hydrogens (tertiary/aromatic N) is 3. The molecule has 0 radical (unpaired) electrons. The third-order valence-electron chi connectivity index (χ3n) is 8.71. The Hall–Kier alpha value is -2.68. The minimum Gasteiger partial charge on any atom is -0.480 e. The number of carbonyl (C=O) groups is 1. The highest BCUT2D eigenvalue weighted by Crippen LogP contribution is 2.43. The largest absolute Gasteiger partial charge is 0.480 e. The van der Waals surface area contributed by atoms with Gasteiger partial charge in [-0.3, -0.25) is 9.69 Å². The molecule has 1 unspecified atom stereocenters. The average molecular weight is 516 g/mol. The molecule has 4 rings (SSSR count). The molecule has 2 fully saturated rings. The number of aliphatic carboxylic acids is 1. The monoisotopic (exact) mass is 515 g/mol. The van der Waals surface area contributed by atoms with Crippen LogP contribution in [-0.2, 0) is 11.2 Å². The summed E-state index contributed by atoms with van der Waals surface area (Å²) in [4.78, 5) is 16.6. The Morgan fingerprint density at radius 3 is 2.42 bits per heavy atom. The summed E-state index contributed by atoms with van der Waals surface area (Å²) in [5, 5.41) is 18.6. The van der Waals surface area contributed by atoms with Crippen molar-refractivity contribution in [3.63, 3.8) is 0 Å². The number of carboxylic acids is 1. The van der Waals surface area contributed by atoms with Crippen molar-refractivity contribution in [2.24, 2.45) is 17.8 Å². The van der Waals surface area contributed by atoms with Crippen molar-refractivity contribution in [1.29, 1.82) is 5.26 Å². The molecule has 5 heteroatoms. The van der Waals surface area contributed by atoms with Crippen LogP contribution in [0.25, 0.3) is 0 Å². The predicted molar refractivity (Wildman–Crippen MR) is 153 cm³/mol. The van der Waals surface area contributed by atoms with E-state index in [9.17, 15) is 9.90 Å². The van der Waals surface area contributed by atoms with Crippen LogP contribution in [0.2, 0.25) is 0 Å². The molecule has 2 aromatic carbocycles. The standard InChI is InChI=1S/C33H45N3O2/c1-25(2)22-36(24-33(37)38)31-19-30(32(20-31)29-9-4-3-5-10-29)23-35-17-15-27(16-18-35)8-6-7-26-11-13-28(21-34)14-12-26/h3-5,9-14,25,27,30-32H,6-8,15-20,22-24H2,1-2H3,(H,37,38)/t30-,31?,32-/m1/s1. The highest BCUT2D eigenvalue weighted by atomic mass is 16.4. The molecule has 0 spiro atoms. The second-order valence-corrected chi connectivity index (χ2v) is 12.1. The van der Waals surface area contributed by atoms with Crippen molar-refractivity contribution >= 4 is 5.97 Å². The molecule has 1 N–H and O–H groups in total. The minimum absolute atomic E-state index is 0.144. The van der Waals surface area contributed by atoms with E-state index in [1.54, 1.807) is 0 Å². The molecular weight excluding hydrogens is 470 g/mol. The van der Waals surface area contributed by atoms with Gasteiger partial charge >= 0.3 is 5.97 Å². The molecule has 1 heterocycles. The van der Waals surface area contributed by atoms with Gasteiger partial charge in [-0.05, 0) is 98.5 Å². The lowest BCUT2D eigenvalue weighted by molar-refractivity contribution is -0.139. The third kappa shape index (κ3) is 8.16. The normalized spacial score (nSPS) is 22.7. The Labute approximate surface area is 229 Å². The predicted octanol–water partition coefficient (Wildman–Crippen LogP) is 6.20. The summed E-state index contributed by atoms with van der Waals surface area (Å²) in [6.07, 6.45) is 8.29. The van der Waals surface area contributed by atoms with Gasteiger partial charge in [0.15, 0.2) is 0 Å². The first-order valence-corrected chi connectivity index (χ1v) is 14.6. The molecular formula is C33H45N3O2. The number of rotatable bonds is 12. The van der Waals surface area contributed by atoms with E-state index in [1.165, 1.54) is 49.9 Å². The fourth-order valence-electron chi connectivity index (χ4n) is 6.82. The van der Waals surface area contributed by atoms with Crippen LogP contribution < -0.4 is 0 Å². The van der Waals surface area contributed by atoms with Crippen LogP contribution >= 0.6 is 0 Å². The number of benzene rings is 2. The van der Waals surface area contributed by atoms with Crippen LogP contribution in [0, 0.1) is 29.1 Å². The SMILES string of the molecule is CC(C)CN(CC(=O)O)C1C[C@H](CN2CCC(CCCc3ccc(C#N)cc3)CC2)[C@@H](c2ccccc2)C1. The van der Waals surface area contributed by atoms with E-state index in [0.29, 0.717) is 23.8 Å². The van der Waals surface area contributed by atoms with Gasteiger partial charge in [-0.25, -0.2) is 0 Å². The zero-order valence-corrected chi connectivity index (χ0v) is 23.3. The number of hydrogen-bond acceptors (Lipinski definition) is 4. The Balaban J connectivity index is 1.30. The van der Waals surface area contributed by atoms with E-state index in [4.69, 9.17) is 5.26 Å². The van der Waals surface area contributed by atoms with Gasteiger partial charge in [0.2, 0.25) is 0 Å². The van der Waals surface area contributed by atoms with Crippen molar-refractivity contribution < 1.29 is 9.90 Å². The van der Waals surface area contributed by atoms with Gasteiger partial charge in [-0.15, -0.1) is 0 Å². The van der Waals surface area contributed by atoms with E-state index < -0.39 is 5.97 Å². The molecule has 1 aliphatic carbocycles. The van der Waals surface area contributed by atoms with Gasteiger partial charge in [0.25, 0.3) is 0 Å². The molecule has 204 valence electrons. The number of hydrogen-bond donors (Lipinski definition) is 1. The first-order valence-electron chi connectivity index (χ1n) is 14.6. The quantitative estimate of drug-likeness (QED) is 0.365. The smallest absolute Gasteiger partial charge is 0.317 e. The maximum Gasteiger partial charge on any atom is 0.317 e. The van der Waals surface area contributed by atoms with E-state index in [1.807, 2.05) is 12.1 Å². The van der Waals surface area contributed by atoms with Crippen LogP contribution in [0.5, 0.6) is 0 Å². The lowest BCUT2D eigenvalue weighted by Crippen LogP contribution is -2.41. The molecule has 1 aliphatic heterocycles. The van der Waals surface area contributed by atoms with E-state index >= 15 is 0 Å². The maximum absolute atomic E-state index is 11.6. The second-order valence-electron chi connectivity index (χ2n) is 12.1. The topological polar surface area (TPSA) is 67.6 Å². The average Bonchev–Trinajstić information content (AvgIpc) is 3.33. The Kier molecular flexibility index (Phi) is 10.4. The summed E-state index contributed by atoms with van der Waals surface area (Å²) < 4.78 is 0. The van der Waals surface area contributed by atoms with Crippen molar-refractivity contribution in [2.45, 2.75) is 70.8 Å². The van der Waals surface area contributed by atoms with Crippen LogP contribution in [0.1, 0.15) is 75.0 Å². The maximum atomic E-state index is 11.6. The fourth-order valence-corrected chi connectivity index (χ4v) is 6.82. The van der Waals surface area contributed by atoms with Crippen molar-refractivity contribution in [2.75, 3.05) is 32.7 Å². The highest BCUT2D eigenvalue weighted by Gasteiger charge is 2.39. The number of piperidine rings is 1. The molecule has 3 atom stereocenters. The molecule has 0 amide bonds. The molecule has 2 aliphatic rings. The number of carboxylic acid groups (broad SMARTS) is 1. The van der Waals surface area contributed by atoms with Gasteiger partial charge in [0.1, 0.15) is 0 Å². The fraction of sp³-hybridized carbons (Fsp3) is 0.576. The molecule has 2 aromatic rings. The van der Waals surface area contributed by atoms with E-state index in [-0.39, 0.29) is 6.54 Å². The van der Waals surface area contributed by atoms with E-state index in [0.717, 1.165) is 43.8 Å². The highest BCUT2D eigenvalue weighted by molar-refractivity contribution is 5.69. The van der Waals surface area contributed by atoms with Gasteiger partial charge in [-0.1, -0.05) is 62.7 Å². The van der Waals surface area contributed by atoms with Crippen LogP contribution in [0.15, 0.2) is 54.6 Å². The van der Waals surface area contributed by atoms with Crippen LogP contribution in [0.4, 0.5) is 0 Å². The van der Waals surface area contributed by atoms with Gasteiger partial charge in [0, 0.05) is 19.1 Å². The molecule has 5 nitrogen and oxygen atoms in total. The summed E-state index contributed by atoms with van der Waals surface area (Å²) in [7, 11) is 0. The van der Waals surface area contributed by atoms with Crippen molar-refractivity contribution in [3.8, 4) is 6.07 Å². The number of aryl methyl sites for hydroxylation is 1. The van der Waals surface area contributed by atoms with Crippen molar-refractivity contribution in [3.05, 3.63) is 71.3 Å². The van der Waals surface area contributed by atoms with Gasteiger partial charge < -0.3 is 10.0 Å². The first-order chi connectivity index (χ1) is 18.4. The molecule has 1 saturated heterocycles. The summed E-state index contributed by atoms with van der Waals surface area (Å²) in [5.74, 6) is 1.61. The molecule has 38 heavy (non-hydrogen) atoms. The van der Waals surface area contributed by atoms with E-state index in [2.05, 4.69) is 72.2 Å². The number of likely N-dealkylation sites (tertiary alicyclic amines) is 1. The zero-order chi connectivity index (χ0) is 26.9. The zero-order valence-electron chi connectivity index (χ0n) is 23.3. The molecule has 0 bridgehead atoms. The lowest BCUT2D eigenvalue weighted by Gasteiger charge is -2.35. The third-order valence-corrected chi connectivity index (χ3v) is 8.71. The Bertz CT molecular complexity index is 1040. The second kappa shape index (κ2) is 13.9. The summed E-state index contributed by atoms with van der Waals surface area (Å²) in [6.45, 7) is 8.83. The summed E-state index contributed by atoms with van der Waals surface area (Å²) >= 11 is 0. The number of nitriles is 1. The lowest BCUT2D eigenvalue weighted by atomic mass is 9.87. The van der Waals surface area contributed by atoms with Gasteiger partial charge in [0.05, 0.1) is 18.2 Å². The summed E-state index contributed by atoms with van der Waals surface area (Å²) in [5.41, 5.74) is 3.48. The van der Waals surface area contributed by atoms with Gasteiger partial charge in [-0.2, -0.15) is 5.26 Å². The van der Waals surface area contributed by atoms with Crippen molar-refractivity contribution in [1.82, 2.24) is 9.80 Å². The van der Waals surface area contributed by atoms with Crippen LogP contribution in [-0.4, -0.2) is 59.6 Å². The minimum atomic E-state index is -0.716. The Morgan fingerprint density at radius 1 is 1.08 bits per heavy atom. The Morgan fingerprint density at radius 2 is 1.79 bits per heavy atom. The molecule has 0 aromatic heterocycles. The first kappa shape index (κ1) is 28.3. The molecule has 1 saturated carbocycles.